The van der Waals surface area contributed by atoms with Gasteiger partial charge in [-0.1, -0.05) is 6.07 Å². The van der Waals surface area contributed by atoms with Gasteiger partial charge < -0.3 is 9.80 Å². The Bertz CT molecular complexity index is 740. The summed E-state index contributed by atoms with van der Waals surface area (Å²) >= 11 is 0. The maximum Gasteiger partial charge on any atom is 0.242 e. The molecule has 1 fully saturated rings. The van der Waals surface area contributed by atoms with E-state index >= 15 is 0 Å². The lowest BCUT2D eigenvalue weighted by molar-refractivity contribution is -0.131. The number of rotatable bonds is 3. The number of hydrogen-bond acceptors (Lipinski definition) is 4. The van der Waals surface area contributed by atoms with E-state index in [1.807, 2.05) is 0 Å². The monoisotopic (exact) mass is 322 g/mol. The first-order valence-electron chi connectivity index (χ1n) is 6.97. The molecule has 23 heavy (non-hydrogen) atoms. The van der Waals surface area contributed by atoms with Crippen molar-refractivity contribution >= 4 is 11.7 Å². The molecule has 1 amide bonds. The first-order valence-corrected chi connectivity index (χ1v) is 6.97. The SMILES string of the molecule is O=C1CN(c2ncncc2F)CCN1Cc1ccc(F)c(F)c1. The minimum atomic E-state index is -0.948. The number of aromatic nitrogens is 2. The fraction of sp³-hybridized carbons (Fsp3) is 0.267. The van der Waals surface area contributed by atoms with E-state index in [1.165, 1.54) is 22.2 Å². The molecule has 3 rings (SSSR count). The van der Waals surface area contributed by atoms with Gasteiger partial charge in [-0.2, -0.15) is 0 Å². The average molecular weight is 322 g/mol. The molecule has 0 spiro atoms. The zero-order chi connectivity index (χ0) is 16.4. The summed E-state index contributed by atoms with van der Waals surface area (Å²) in [6.07, 6.45) is 2.26. The molecule has 2 heterocycles. The highest BCUT2D eigenvalue weighted by Crippen LogP contribution is 2.18. The third-order valence-electron chi connectivity index (χ3n) is 3.62. The van der Waals surface area contributed by atoms with Gasteiger partial charge in [0.25, 0.3) is 0 Å². The van der Waals surface area contributed by atoms with Crippen molar-refractivity contribution in [1.29, 1.82) is 0 Å². The van der Waals surface area contributed by atoms with E-state index in [1.54, 1.807) is 0 Å². The smallest absolute Gasteiger partial charge is 0.242 e. The Morgan fingerprint density at radius 2 is 1.91 bits per heavy atom. The highest BCUT2D eigenvalue weighted by atomic mass is 19.2. The number of amides is 1. The highest BCUT2D eigenvalue weighted by Gasteiger charge is 2.26. The van der Waals surface area contributed by atoms with Crippen LogP contribution in [0.15, 0.2) is 30.7 Å². The molecule has 0 unspecified atom stereocenters. The Kier molecular flexibility index (Phi) is 4.14. The summed E-state index contributed by atoms with van der Waals surface area (Å²) < 4.78 is 39.8. The van der Waals surface area contributed by atoms with Crippen LogP contribution in [-0.4, -0.2) is 40.4 Å². The molecular weight excluding hydrogens is 309 g/mol. The second-order valence-corrected chi connectivity index (χ2v) is 5.18. The molecule has 0 radical (unpaired) electrons. The fourth-order valence-electron chi connectivity index (χ4n) is 2.45. The highest BCUT2D eigenvalue weighted by molar-refractivity contribution is 5.82. The number of piperazine rings is 1. The van der Waals surface area contributed by atoms with E-state index in [4.69, 9.17) is 0 Å². The third kappa shape index (κ3) is 3.25. The predicted octanol–water partition coefficient (Wildman–Crippen LogP) is 1.74. The third-order valence-corrected chi connectivity index (χ3v) is 3.62. The van der Waals surface area contributed by atoms with Crippen LogP contribution in [0.2, 0.25) is 0 Å². The lowest BCUT2D eigenvalue weighted by Gasteiger charge is -2.35. The number of anilines is 1. The van der Waals surface area contributed by atoms with E-state index < -0.39 is 17.5 Å². The van der Waals surface area contributed by atoms with Gasteiger partial charge in [0.15, 0.2) is 23.3 Å². The van der Waals surface area contributed by atoms with Gasteiger partial charge in [0.1, 0.15) is 6.33 Å². The van der Waals surface area contributed by atoms with Crippen molar-refractivity contribution in [2.75, 3.05) is 24.5 Å². The van der Waals surface area contributed by atoms with Crippen LogP contribution < -0.4 is 4.90 Å². The van der Waals surface area contributed by atoms with Crippen molar-refractivity contribution in [2.45, 2.75) is 6.54 Å². The van der Waals surface area contributed by atoms with Crippen LogP contribution in [0.5, 0.6) is 0 Å². The maximum absolute atomic E-state index is 13.7. The lowest BCUT2D eigenvalue weighted by atomic mass is 10.2. The summed E-state index contributed by atoms with van der Waals surface area (Å²) in [7, 11) is 0. The quantitative estimate of drug-likeness (QED) is 0.864. The molecule has 5 nitrogen and oxygen atoms in total. The molecule has 2 aromatic rings. The van der Waals surface area contributed by atoms with Crippen molar-refractivity contribution in [2.24, 2.45) is 0 Å². The molecule has 1 aromatic carbocycles. The van der Waals surface area contributed by atoms with Crippen molar-refractivity contribution in [3.05, 3.63) is 53.7 Å². The van der Waals surface area contributed by atoms with Crippen LogP contribution in [0.1, 0.15) is 5.56 Å². The molecule has 1 saturated heterocycles. The van der Waals surface area contributed by atoms with Gasteiger partial charge in [-0.25, -0.2) is 23.1 Å². The number of halogens is 3. The Labute approximate surface area is 130 Å². The molecule has 1 aliphatic heterocycles. The molecule has 0 aliphatic carbocycles. The molecule has 0 N–H and O–H groups in total. The van der Waals surface area contributed by atoms with E-state index in [-0.39, 0.29) is 24.8 Å². The van der Waals surface area contributed by atoms with Crippen molar-refractivity contribution < 1.29 is 18.0 Å². The standard InChI is InChI=1S/C15H13F3N4O/c16-11-2-1-10(5-12(11)17)7-21-3-4-22(8-14(21)23)15-13(18)6-19-9-20-15/h1-2,5-6,9H,3-4,7-8H2. The second kappa shape index (κ2) is 6.23. The first-order chi connectivity index (χ1) is 11.0. The zero-order valence-electron chi connectivity index (χ0n) is 12.0. The average Bonchev–Trinajstić information content (AvgIpc) is 2.53. The summed E-state index contributed by atoms with van der Waals surface area (Å²) in [4.78, 5) is 22.7. The molecule has 0 saturated carbocycles. The molecule has 1 aromatic heterocycles. The van der Waals surface area contributed by atoms with Crippen LogP contribution in [0, 0.1) is 17.5 Å². The Hall–Kier alpha value is -2.64. The van der Waals surface area contributed by atoms with E-state index in [2.05, 4.69) is 9.97 Å². The van der Waals surface area contributed by atoms with Crippen LogP contribution in [-0.2, 0) is 11.3 Å². The number of carbonyl (C=O) groups is 1. The predicted molar refractivity (Wildman–Crippen MR) is 76.0 cm³/mol. The zero-order valence-corrected chi connectivity index (χ0v) is 12.0. The molecule has 120 valence electrons. The summed E-state index contributed by atoms with van der Waals surface area (Å²) in [5.41, 5.74) is 0.499. The largest absolute Gasteiger partial charge is 0.343 e. The minimum Gasteiger partial charge on any atom is -0.343 e. The summed E-state index contributed by atoms with van der Waals surface area (Å²) in [5, 5.41) is 0. The van der Waals surface area contributed by atoms with E-state index in [0.29, 0.717) is 18.7 Å². The fourth-order valence-corrected chi connectivity index (χ4v) is 2.45. The van der Waals surface area contributed by atoms with Crippen LogP contribution in [0.3, 0.4) is 0 Å². The van der Waals surface area contributed by atoms with Crippen LogP contribution in [0.25, 0.3) is 0 Å². The summed E-state index contributed by atoms with van der Waals surface area (Å²) in [6, 6.07) is 3.53. The van der Waals surface area contributed by atoms with Crippen molar-refractivity contribution in [3.63, 3.8) is 0 Å². The molecular formula is C15H13F3N4O. The van der Waals surface area contributed by atoms with Crippen LogP contribution in [0.4, 0.5) is 19.0 Å². The minimum absolute atomic E-state index is 0.0301. The van der Waals surface area contributed by atoms with Gasteiger partial charge in [-0.3, -0.25) is 4.79 Å². The first kappa shape index (κ1) is 15.3. The summed E-state index contributed by atoms with van der Waals surface area (Å²) in [6.45, 7) is 0.873. The topological polar surface area (TPSA) is 49.3 Å². The van der Waals surface area contributed by atoms with Crippen LogP contribution >= 0.6 is 0 Å². The maximum atomic E-state index is 13.7. The number of nitrogens with zero attached hydrogens (tertiary/aromatic N) is 4. The van der Waals surface area contributed by atoms with Gasteiger partial charge in [0.05, 0.1) is 12.7 Å². The molecule has 1 aliphatic rings. The normalized spacial score (nSPS) is 15.2. The van der Waals surface area contributed by atoms with Gasteiger partial charge in [-0.15, -0.1) is 0 Å². The lowest BCUT2D eigenvalue weighted by Crippen LogP contribution is -2.50. The Morgan fingerprint density at radius 1 is 1.09 bits per heavy atom. The summed E-state index contributed by atoms with van der Waals surface area (Å²) in [5.74, 6) is -2.62. The Morgan fingerprint density at radius 3 is 2.61 bits per heavy atom. The molecule has 0 atom stereocenters. The van der Waals surface area contributed by atoms with E-state index in [0.717, 1.165) is 18.3 Å². The van der Waals surface area contributed by atoms with E-state index in [9.17, 15) is 18.0 Å². The number of benzene rings is 1. The van der Waals surface area contributed by atoms with Crippen molar-refractivity contribution in [1.82, 2.24) is 14.9 Å². The van der Waals surface area contributed by atoms with Gasteiger partial charge in [0, 0.05) is 19.6 Å². The van der Waals surface area contributed by atoms with Gasteiger partial charge in [-0.05, 0) is 17.7 Å². The molecule has 8 heteroatoms. The van der Waals surface area contributed by atoms with Gasteiger partial charge in [0.2, 0.25) is 5.91 Å². The number of hydrogen-bond donors (Lipinski definition) is 0. The van der Waals surface area contributed by atoms with Crippen molar-refractivity contribution in [3.8, 4) is 0 Å². The molecule has 0 bridgehead atoms. The second-order valence-electron chi connectivity index (χ2n) is 5.18. The van der Waals surface area contributed by atoms with Gasteiger partial charge >= 0.3 is 0 Å². The Balaban J connectivity index is 1.68. The number of carbonyl (C=O) groups excluding carboxylic acids is 1.